The first kappa shape index (κ1) is 8.34. The summed E-state index contributed by atoms with van der Waals surface area (Å²) in [5.74, 6) is 0. The molecule has 2 heteroatoms. The minimum atomic E-state index is 0.139. The van der Waals surface area contributed by atoms with Crippen molar-refractivity contribution >= 4 is 0 Å². The topological polar surface area (TPSA) is 25.2 Å². The predicted molar refractivity (Wildman–Crippen MR) is 45.3 cm³/mol. The van der Waals surface area contributed by atoms with Gasteiger partial charge < -0.3 is 9.67 Å². The van der Waals surface area contributed by atoms with Crippen molar-refractivity contribution in [1.82, 2.24) is 4.57 Å². The fraction of sp³-hybridized carbons (Fsp3) is 0.556. The molecule has 1 rings (SSSR count). The summed E-state index contributed by atoms with van der Waals surface area (Å²) in [6, 6.07) is 4.06. The summed E-state index contributed by atoms with van der Waals surface area (Å²) in [4.78, 5) is 0. The molecule has 0 aliphatic rings. The minimum absolute atomic E-state index is 0.139. The molecular weight excluding hydrogens is 138 g/mol. The second-order valence-electron chi connectivity index (χ2n) is 2.78. The van der Waals surface area contributed by atoms with E-state index in [9.17, 15) is 0 Å². The van der Waals surface area contributed by atoms with Crippen LogP contribution in [0.25, 0.3) is 0 Å². The van der Waals surface area contributed by atoms with Crippen LogP contribution in [0.1, 0.15) is 24.7 Å². The van der Waals surface area contributed by atoms with Crippen molar-refractivity contribution in [3.8, 4) is 0 Å². The maximum absolute atomic E-state index is 8.88. The molecule has 11 heavy (non-hydrogen) atoms. The monoisotopic (exact) mass is 153 g/mol. The molecule has 62 valence electrons. The average molecular weight is 153 g/mol. The maximum atomic E-state index is 8.88. The Kier molecular flexibility index (Phi) is 2.71. The largest absolute Gasteiger partial charge is 0.390 e. The van der Waals surface area contributed by atoms with Crippen molar-refractivity contribution in [2.45, 2.75) is 26.4 Å². The lowest BCUT2D eigenvalue weighted by Crippen LogP contribution is -2.00. The molecule has 0 bridgehead atoms. The van der Waals surface area contributed by atoms with Crippen molar-refractivity contribution < 1.29 is 5.11 Å². The zero-order chi connectivity index (χ0) is 8.27. The molecule has 0 saturated carbocycles. The van der Waals surface area contributed by atoms with Crippen LogP contribution in [0.15, 0.2) is 12.1 Å². The zero-order valence-corrected chi connectivity index (χ0v) is 7.17. The van der Waals surface area contributed by atoms with Gasteiger partial charge in [-0.25, -0.2) is 0 Å². The maximum Gasteiger partial charge on any atom is 0.0832 e. The van der Waals surface area contributed by atoms with Crippen LogP contribution in [-0.4, -0.2) is 9.67 Å². The molecule has 0 aromatic carbocycles. The predicted octanol–water partition coefficient (Wildman–Crippen LogP) is 1.47. The van der Waals surface area contributed by atoms with Gasteiger partial charge in [0.25, 0.3) is 0 Å². The molecular formula is C9H15NO. The lowest BCUT2D eigenvalue weighted by Gasteiger charge is -2.03. The number of aryl methyl sites for hydroxylation is 1. The number of aromatic nitrogens is 1. The first-order valence-corrected chi connectivity index (χ1v) is 4.04. The number of aliphatic hydroxyl groups excluding tert-OH is 1. The van der Waals surface area contributed by atoms with E-state index < -0.39 is 0 Å². The van der Waals surface area contributed by atoms with Crippen molar-refractivity contribution in [2.24, 2.45) is 7.05 Å². The van der Waals surface area contributed by atoms with E-state index in [0.717, 1.165) is 18.5 Å². The SMILES string of the molecule is CCCc1ccc(CO)n1C. The second kappa shape index (κ2) is 3.58. The normalized spacial score (nSPS) is 10.5. The van der Waals surface area contributed by atoms with E-state index in [-0.39, 0.29) is 6.61 Å². The van der Waals surface area contributed by atoms with Gasteiger partial charge >= 0.3 is 0 Å². The highest BCUT2D eigenvalue weighted by molar-refractivity contribution is 5.15. The van der Waals surface area contributed by atoms with Gasteiger partial charge in [0.15, 0.2) is 0 Å². The zero-order valence-electron chi connectivity index (χ0n) is 7.17. The van der Waals surface area contributed by atoms with Crippen LogP contribution in [0, 0.1) is 0 Å². The Bertz CT molecular complexity index is 227. The molecule has 0 aliphatic heterocycles. The molecule has 0 fully saturated rings. The third kappa shape index (κ3) is 1.63. The third-order valence-electron chi connectivity index (χ3n) is 2.00. The Balaban J connectivity index is 2.82. The summed E-state index contributed by atoms with van der Waals surface area (Å²) >= 11 is 0. The Hall–Kier alpha value is -0.760. The molecule has 0 unspecified atom stereocenters. The minimum Gasteiger partial charge on any atom is -0.390 e. The third-order valence-corrected chi connectivity index (χ3v) is 2.00. The van der Waals surface area contributed by atoms with E-state index in [1.165, 1.54) is 5.69 Å². The number of hydrogen-bond donors (Lipinski definition) is 1. The van der Waals surface area contributed by atoms with E-state index in [2.05, 4.69) is 17.6 Å². The van der Waals surface area contributed by atoms with E-state index in [4.69, 9.17) is 5.11 Å². The van der Waals surface area contributed by atoms with Gasteiger partial charge in [0.1, 0.15) is 0 Å². The second-order valence-corrected chi connectivity index (χ2v) is 2.78. The van der Waals surface area contributed by atoms with Gasteiger partial charge in [0.05, 0.1) is 6.61 Å². The number of hydrogen-bond acceptors (Lipinski definition) is 1. The molecule has 1 heterocycles. The van der Waals surface area contributed by atoms with Gasteiger partial charge in [0, 0.05) is 18.4 Å². The molecule has 0 amide bonds. The smallest absolute Gasteiger partial charge is 0.0832 e. The van der Waals surface area contributed by atoms with Gasteiger partial charge in [-0.3, -0.25) is 0 Å². The summed E-state index contributed by atoms with van der Waals surface area (Å²) in [5.41, 5.74) is 2.30. The molecule has 1 aromatic rings. The fourth-order valence-corrected chi connectivity index (χ4v) is 1.27. The molecule has 0 spiro atoms. The van der Waals surface area contributed by atoms with Crippen LogP contribution in [0.4, 0.5) is 0 Å². The first-order valence-electron chi connectivity index (χ1n) is 4.04. The van der Waals surface area contributed by atoms with Crippen LogP contribution in [0.3, 0.4) is 0 Å². The Morgan fingerprint density at radius 2 is 2.00 bits per heavy atom. The summed E-state index contributed by atoms with van der Waals surface area (Å²) in [7, 11) is 2.00. The van der Waals surface area contributed by atoms with E-state index in [1.807, 2.05) is 13.1 Å². The van der Waals surface area contributed by atoms with Crippen LogP contribution in [0.2, 0.25) is 0 Å². The van der Waals surface area contributed by atoms with Crippen molar-refractivity contribution in [3.63, 3.8) is 0 Å². The fourth-order valence-electron chi connectivity index (χ4n) is 1.27. The van der Waals surface area contributed by atoms with E-state index in [1.54, 1.807) is 0 Å². The van der Waals surface area contributed by atoms with Gasteiger partial charge in [0.2, 0.25) is 0 Å². The summed E-state index contributed by atoms with van der Waals surface area (Å²) in [5, 5.41) is 8.88. The Morgan fingerprint density at radius 1 is 1.36 bits per heavy atom. The molecule has 2 nitrogen and oxygen atoms in total. The van der Waals surface area contributed by atoms with Crippen LogP contribution < -0.4 is 0 Å². The number of nitrogens with zero attached hydrogens (tertiary/aromatic N) is 1. The molecule has 0 atom stereocenters. The number of aliphatic hydroxyl groups is 1. The highest BCUT2D eigenvalue weighted by Crippen LogP contribution is 2.08. The van der Waals surface area contributed by atoms with E-state index >= 15 is 0 Å². The summed E-state index contributed by atoms with van der Waals surface area (Å²) < 4.78 is 2.06. The van der Waals surface area contributed by atoms with Crippen LogP contribution in [-0.2, 0) is 20.1 Å². The molecule has 0 saturated heterocycles. The quantitative estimate of drug-likeness (QED) is 0.699. The lowest BCUT2D eigenvalue weighted by molar-refractivity contribution is 0.272. The molecule has 0 aliphatic carbocycles. The van der Waals surface area contributed by atoms with E-state index in [0.29, 0.717) is 0 Å². The summed E-state index contributed by atoms with van der Waals surface area (Å²) in [6.45, 7) is 2.30. The highest BCUT2D eigenvalue weighted by Gasteiger charge is 2.00. The standard InChI is InChI=1S/C9H15NO/c1-3-4-8-5-6-9(7-11)10(8)2/h5-6,11H,3-4,7H2,1-2H3. The highest BCUT2D eigenvalue weighted by atomic mass is 16.3. The van der Waals surface area contributed by atoms with Gasteiger partial charge in [-0.2, -0.15) is 0 Å². The van der Waals surface area contributed by atoms with Crippen LogP contribution in [0.5, 0.6) is 0 Å². The van der Waals surface area contributed by atoms with Crippen molar-refractivity contribution in [1.29, 1.82) is 0 Å². The molecule has 1 N–H and O–H groups in total. The number of rotatable bonds is 3. The molecule has 1 aromatic heterocycles. The van der Waals surface area contributed by atoms with Gasteiger partial charge in [-0.15, -0.1) is 0 Å². The Morgan fingerprint density at radius 3 is 2.45 bits per heavy atom. The molecule has 0 radical (unpaired) electrons. The summed E-state index contributed by atoms with van der Waals surface area (Å²) in [6.07, 6.45) is 2.25. The van der Waals surface area contributed by atoms with Gasteiger partial charge in [-0.05, 0) is 18.6 Å². The lowest BCUT2D eigenvalue weighted by atomic mass is 10.2. The van der Waals surface area contributed by atoms with Crippen molar-refractivity contribution in [2.75, 3.05) is 0 Å². The van der Waals surface area contributed by atoms with Crippen LogP contribution >= 0.6 is 0 Å². The first-order chi connectivity index (χ1) is 5.29. The Labute approximate surface area is 67.5 Å². The van der Waals surface area contributed by atoms with Gasteiger partial charge in [-0.1, -0.05) is 13.3 Å². The van der Waals surface area contributed by atoms with Crippen molar-refractivity contribution in [3.05, 3.63) is 23.5 Å². The average Bonchev–Trinajstić information content (AvgIpc) is 2.34.